The van der Waals surface area contributed by atoms with E-state index >= 15 is 0 Å². The van der Waals surface area contributed by atoms with E-state index in [1.165, 1.54) is 6.07 Å². The largest absolute Gasteiger partial charge is 0.489 e. The van der Waals surface area contributed by atoms with E-state index in [2.05, 4.69) is 0 Å². The van der Waals surface area contributed by atoms with E-state index in [9.17, 15) is 4.79 Å². The fourth-order valence-electron chi connectivity index (χ4n) is 1.05. The first-order valence-electron chi connectivity index (χ1n) is 4.11. The van der Waals surface area contributed by atoms with Crippen LogP contribution < -0.4 is 16.2 Å². The highest BCUT2D eigenvalue weighted by Gasteiger charge is 2.13. The molecule has 1 aromatic carbocycles. The van der Waals surface area contributed by atoms with Crippen LogP contribution in [-0.2, 0) is 0 Å². The molecule has 0 aliphatic carbocycles. The van der Waals surface area contributed by atoms with Crippen molar-refractivity contribution in [2.24, 2.45) is 5.73 Å². The zero-order valence-corrected chi connectivity index (χ0v) is 7.56. The molecule has 0 radical (unpaired) electrons. The van der Waals surface area contributed by atoms with Gasteiger partial charge in [-0.15, -0.1) is 0 Å². The van der Waals surface area contributed by atoms with Crippen LogP contribution in [0.25, 0.3) is 0 Å². The molecule has 5 nitrogen and oxygen atoms in total. The van der Waals surface area contributed by atoms with Crippen molar-refractivity contribution in [2.75, 3.05) is 18.9 Å². The minimum absolute atomic E-state index is 0.0541. The lowest BCUT2D eigenvalue weighted by atomic mass is 10.2. The van der Waals surface area contributed by atoms with Gasteiger partial charge in [-0.05, 0) is 12.1 Å². The molecule has 0 amide bonds. The minimum Gasteiger partial charge on any atom is -0.489 e. The Kier molecular flexibility index (Phi) is 3.30. The van der Waals surface area contributed by atoms with Crippen LogP contribution in [0.1, 0.15) is 10.4 Å². The maximum Gasteiger partial charge on any atom is 0.339 e. The molecule has 1 rings (SSSR count). The van der Waals surface area contributed by atoms with Crippen LogP contribution in [0.3, 0.4) is 0 Å². The topological polar surface area (TPSA) is 98.6 Å². The minimum atomic E-state index is -1.07. The molecule has 76 valence electrons. The summed E-state index contributed by atoms with van der Waals surface area (Å²) in [6.45, 7) is 0.557. The normalized spacial score (nSPS) is 9.79. The molecule has 0 fully saturated rings. The molecular formula is C9H12N2O3. The number of aromatic carboxylic acids is 1. The number of anilines is 1. The lowest BCUT2D eigenvalue weighted by Gasteiger charge is -2.10. The quantitative estimate of drug-likeness (QED) is 0.602. The lowest BCUT2D eigenvalue weighted by Crippen LogP contribution is -2.13. The Labute approximate surface area is 81.3 Å². The van der Waals surface area contributed by atoms with Crippen molar-refractivity contribution in [3.8, 4) is 5.75 Å². The molecule has 5 heteroatoms. The average Bonchev–Trinajstić information content (AvgIpc) is 2.15. The molecule has 1 aromatic rings. The van der Waals surface area contributed by atoms with Crippen molar-refractivity contribution >= 4 is 11.7 Å². The number of hydrogen-bond acceptors (Lipinski definition) is 4. The second-order valence-electron chi connectivity index (χ2n) is 2.67. The number of benzene rings is 1. The second-order valence-corrected chi connectivity index (χ2v) is 2.67. The zero-order chi connectivity index (χ0) is 10.6. The van der Waals surface area contributed by atoms with Gasteiger partial charge in [-0.1, -0.05) is 6.07 Å². The third-order valence-corrected chi connectivity index (χ3v) is 1.64. The summed E-state index contributed by atoms with van der Waals surface area (Å²) in [5.74, 6) is -0.880. The van der Waals surface area contributed by atoms with Gasteiger partial charge >= 0.3 is 5.97 Å². The van der Waals surface area contributed by atoms with Crippen LogP contribution in [-0.4, -0.2) is 24.2 Å². The van der Waals surface area contributed by atoms with Gasteiger partial charge in [0.25, 0.3) is 0 Å². The van der Waals surface area contributed by atoms with Gasteiger partial charge in [0.1, 0.15) is 12.2 Å². The second kappa shape index (κ2) is 4.48. The van der Waals surface area contributed by atoms with E-state index in [-0.39, 0.29) is 17.9 Å². The Bertz CT molecular complexity index is 339. The maximum atomic E-state index is 10.8. The van der Waals surface area contributed by atoms with Gasteiger partial charge in [0.05, 0.1) is 5.69 Å². The molecular weight excluding hydrogens is 184 g/mol. The van der Waals surface area contributed by atoms with Gasteiger partial charge in [-0.3, -0.25) is 0 Å². The van der Waals surface area contributed by atoms with Crippen LogP contribution in [0, 0.1) is 0 Å². The van der Waals surface area contributed by atoms with Crippen LogP contribution in [0.15, 0.2) is 18.2 Å². The standard InChI is InChI=1S/C9H12N2O3/c10-4-5-14-8-6(9(12)13)2-1-3-7(8)11/h1-3H,4-5,10-11H2,(H,12,13). The first kappa shape index (κ1) is 10.3. The van der Waals surface area contributed by atoms with Gasteiger partial charge in [0.15, 0.2) is 5.75 Å². The van der Waals surface area contributed by atoms with E-state index < -0.39 is 5.97 Å². The van der Waals surface area contributed by atoms with Crippen LogP contribution >= 0.6 is 0 Å². The van der Waals surface area contributed by atoms with Crippen molar-refractivity contribution in [1.82, 2.24) is 0 Å². The summed E-state index contributed by atoms with van der Waals surface area (Å²) in [5, 5.41) is 8.82. The van der Waals surface area contributed by atoms with Gasteiger partial charge < -0.3 is 21.3 Å². The van der Waals surface area contributed by atoms with E-state index in [1.54, 1.807) is 12.1 Å². The number of carbonyl (C=O) groups is 1. The lowest BCUT2D eigenvalue weighted by molar-refractivity contribution is 0.0692. The van der Waals surface area contributed by atoms with Crippen molar-refractivity contribution in [3.05, 3.63) is 23.8 Å². The summed E-state index contributed by atoms with van der Waals surface area (Å²) >= 11 is 0. The Hall–Kier alpha value is -1.75. The molecule has 0 heterocycles. The third-order valence-electron chi connectivity index (χ3n) is 1.64. The monoisotopic (exact) mass is 196 g/mol. The van der Waals surface area contributed by atoms with Crippen molar-refractivity contribution in [1.29, 1.82) is 0 Å². The molecule has 5 N–H and O–H groups in total. The van der Waals surface area contributed by atoms with Gasteiger partial charge in [0, 0.05) is 6.54 Å². The molecule has 0 bridgehead atoms. The predicted octanol–water partition coefficient (Wildman–Crippen LogP) is 0.304. The molecule has 0 unspecified atom stereocenters. The number of carboxylic acids is 1. The molecule has 0 aliphatic rings. The third kappa shape index (κ3) is 2.14. The molecule has 0 saturated carbocycles. The van der Waals surface area contributed by atoms with E-state index in [0.717, 1.165) is 0 Å². The summed E-state index contributed by atoms with van der Waals surface area (Å²) in [6, 6.07) is 4.58. The predicted molar refractivity (Wildman–Crippen MR) is 52.4 cm³/mol. The summed E-state index contributed by atoms with van der Waals surface area (Å²) in [6.07, 6.45) is 0. The van der Waals surface area contributed by atoms with Crippen LogP contribution in [0.2, 0.25) is 0 Å². The summed E-state index contributed by atoms with van der Waals surface area (Å²) in [7, 11) is 0. The van der Waals surface area contributed by atoms with Crippen molar-refractivity contribution < 1.29 is 14.6 Å². The van der Waals surface area contributed by atoms with Crippen LogP contribution in [0.5, 0.6) is 5.75 Å². The SMILES string of the molecule is NCCOc1c(N)cccc1C(=O)O. The van der Waals surface area contributed by atoms with E-state index in [0.29, 0.717) is 12.2 Å². The van der Waals surface area contributed by atoms with Gasteiger partial charge in [0.2, 0.25) is 0 Å². The highest BCUT2D eigenvalue weighted by molar-refractivity contribution is 5.93. The van der Waals surface area contributed by atoms with E-state index in [4.69, 9.17) is 21.3 Å². The first-order chi connectivity index (χ1) is 6.66. The number of hydrogen-bond donors (Lipinski definition) is 3. The summed E-state index contributed by atoms with van der Waals surface area (Å²) < 4.78 is 5.15. The number of ether oxygens (including phenoxy) is 1. The Morgan fingerprint density at radius 2 is 2.21 bits per heavy atom. The van der Waals surface area contributed by atoms with Gasteiger partial charge in [-0.2, -0.15) is 0 Å². The molecule has 0 aliphatic heterocycles. The van der Waals surface area contributed by atoms with Crippen molar-refractivity contribution in [3.63, 3.8) is 0 Å². The fraction of sp³-hybridized carbons (Fsp3) is 0.222. The molecule has 14 heavy (non-hydrogen) atoms. The number of rotatable bonds is 4. The Balaban J connectivity index is 3.02. The molecule has 0 atom stereocenters. The highest BCUT2D eigenvalue weighted by atomic mass is 16.5. The fourth-order valence-corrected chi connectivity index (χ4v) is 1.05. The number of nitrogen functional groups attached to an aromatic ring is 1. The highest BCUT2D eigenvalue weighted by Crippen LogP contribution is 2.25. The number of nitrogens with two attached hydrogens (primary N) is 2. The first-order valence-corrected chi connectivity index (χ1v) is 4.11. The van der Waals surface area contributed by atoms with E-state index in [1.807, 2.05) is 0 Å². The smallest absolute Gasteiger partial charge is 0.339 e. The Morgan fingerprint density at radius 1 is 1.50 bits per heavy atom. The van der Waals surface area contributed by atoms with Gasteiger partial charge in [-0.25, -0.2) is 4.79 Å². The summed E-state index contributed by atoms with van der Waals surface area (Å²) in [4.78, 5) is 10.8. The van der Waals surface area contributed by atoms with Crippen LogP contribution in [0.4, 0.5) is 5.69 Å². The number of carboxylic acid groups (broad SMARTS) is 1. The maximum absolute atomic E-state index is 10.8. The average molecular weight is 196 g/mol. The van der Waals surface area contributed by atoms with Crippen molar-refractivity contribution in [2.45, 2.75) is 0 Å². The zero-order valence-electron chi connectivity index (χ0n) is 7.56. The number of para-hydroxylation sites is 1. The molecule has 0 saturated heterocycles. The summed E-state index contributed by atoms with van der Waals surface area (Å²) in [5.41, 5.74) is 11.2. The molecule has 0 aromatic heterocycles. The molecule has 0 spiro atoms. The Morgan fingerprint density at radius 3 is 2.79 bits per heavy atom.